The molecule has 0 bridgehead atoms. The molecule has 0 aliphatic rings. The molecular formula is C20H18N6O4S. The Kier molecular flexibility index (Phi) is 5.50. The minimum Gasteiger partial charge on any atom is -0.497 e. The van der Waals surface area contributed by atoms with E-state index in [1.54, 1.807) is 18.2 Å². The summed E-state index contributed by atoms with van der Waals surface area (Å²) in [5, 5.41) is 18.3. The molecule has 4 aromatic rings. The van der Waals surface area contributed by atoms with Crippen LogP contribution in [0.3, 0.4) is 0 Å². The number of aryl methyl sites for hydroxylation is 1. The predicted octanol–water partition coefficient (Wildman–Crippen LogP) is 4.81. The zero-order chi connectivity index (χ0) is 22.0. The van der Waals surface area contributed by atoms with Crippen molar-refractivity contribution >= 4 is 49.7 Å². The van der Waals surface area contributed by atoms with Crippen LogP contribution in [0.5, 0.6) is 11.5 Å². The van der Waals surface area contributed by atoms with E-state index in [-0.39, 0.29) is 17.3 Å². The lowest BCUT2D eigenvalue weighted by Gasteiger charge is -2.13. The molecule has 0 saturated carbocycles. The number of nitrogens with one attached hydrogen (secondary N) is 2. The van der Waals surface area contributed by atoms with Crippen LogP contribution in [0.15, 0.2) is 42.7 Å². The first-order valence-corrected chi connectivity index (χ1v) is 9.93. The number of fused-ring (bicyclic) bond motifs is 1. The van der Waals surface area contributed by atoms with Crippen LogP contribution in [-0.2, 0) is 0 Å². The molecule has 0 radical (unpaired) electrons. The molecule has 10 nitrogen and oxygen atoms in total. The zero-order valence-corrected chi connectivity index (χ0v) is 17.7. The van der Waals surface area contributed by atoms with Crippen LogP contribution in [0.25, 0.3) is 10.2 Å². The second kappa shape index (κ2) is 8.40. The van der Waals surface area contributed by atoms with E-state index in [2.05, 4.69) is 25.6 Å². The van der Waals surface area contributed by atoms with Gasteiger partial charge in [0.1, 0.15) is 17.8 Å². The summed E-state index contributed by atoms with van der Waals surface area (Å²) in [4.78, 5) is 24.0. The van der Waals surface area contributed by atoms with E-state index in [1.165, 1.54) is 31.9 Å². The lowest BCUT2D eigenvalue weighted by atomic mass is 10.2. The largest absolute Gasteiger partial charge is 0.497 e. The van der Waals surface area contributed by atoms with E-state index in [1.807, 2.05) is 25.1 Å². The Morgan fingerprint density at radius 3 is 2.52 bits per heavy atom. The molecule has 2 aromatic heterocycles. The quantitative estimate of drug-likeness (QED) is 0.309. The van der Waals surface area contributed by atoms with Crippen LogP contribution >= 0.6 is 11.3 Å². The van der Waals surface area contributed by atoms with E-state index in [0.29, 0.717) is 22.3 Å². The fourth-order valence-corrected chi connectivity index (χ4v) is 3.92. The second-order valence-electron chi connectivity index (χ2n) is 6.48. The van der Waals surface area contributed by atoms with E-state index in [0.717, 1.165) is 15.8 Å². The first-order chi connectivity index (χ1) is 15.0. The van der Waals surface area contributed by atoms with Gasteiger partial charge in [0.2, 0.25) is 11.6 Å². The monoisotopic (exact) mass is 438 g/mol. The van der Waals surface area contributed by atoms with Crippen LogP contribution in [0.1, 0.15) is 5.56 Å². The Morgan fingerprint density at radius 1 is 1.03 bits per heavy atom. The highest BCUT2D eigenvalue weighted by molar-refractivity contribution is 7.22. The fourth-order valence-electron chi connectivity index (χ4n) is 2.96. The number of thiazole rings is 1. The van der Waals surface area contributed by atoms with Crippen LogP contribution in [-0.4, -0.2) is 34.1 Å². The molecular weight excluding hydrogens is 420 g/mol. The molecule has 31 heavy (non-hydrogen) atoms. The van der Waals surface area contributed by atoms with Gasteiger partial charge in [-0.3, -0.25) is 10.1 Å². The minimum absolute atomic E-state index is 0.00556. The van der Waals surface area contributed by atoms with Crippen LogP contribution in [0, 0.1) is 17.0 Å². The van der Waals surface area contributed by atoms with Gasteiger partial charge < -0.3 is 20.1 Å². The SMILES string of the molecule is COc1ccc(OC)c(Nc2ncnc(Nc3nc4ccc(C)cc4s3)c2[N+](=O)[O-])c1. The number of hydrogen-bond donors (Lipinski definition) is 2. The van der Waals surface area contributed by atoms with Gasteiger partial charge in [-0.05, 0) is 36.8 Å². The van der Waals surface area contributed by atoms with Crippen molar-refractivity contribution < 1.29 is 14.4 Å². The number of aromatic nitrogens is 3. The van der Waals surface area contributed by atoms with Gasteiger partial charge >= 0.3 is 5.69 Å². The molecule has 2 aromatic carbocycles. The molecule has 0 unspecified atom stereocenters. The van der Waals surface area contributed by atoms with Gasteiger partial charge in [0.25, 0.3) is 0 Å². The first-order valence-electron chi connectivity index (χ1n) is 9.11. The third kappa shape index (κ3) is 4.16. The maximum absolute atomic E-state index is 11.9. The lowest BCUT2D eigenvalue weighted by molar-refractivity contribution is -0.383. The van der Waals surface area contributed by atoms with Gasteiger partial charge in [0, 0.05) is 6.07 Å². The first kappa shape index (κ1) is 20.3. The number of rotatable bonds is 7. The van der Waals surface area contributed by atoms with Gasteiger partial charge in [0.05, 0.1) is 35.0 Å². The number of anilines is 4. The molecule has 0 saturated heterocycles. The van der Waals surface area contributed by atoms with Gasteiger partial charge in [-0.2, -0.15) is 0 Å². The normalized spacial score (nSPS) is 10.7. The van der Waals surface area contributed by atoms with Crippen LogP contribution < -0.4 is 20.1 Å². The molecule has 11 heteroatoms. The smallest absolute Gasteiger partial charge is 0.353 e. The molecule has 0 aliphatic heterocycles. The Balaban J connectivity index is 1.72. The van der Waals surface area contributed by atoms with Crippen molar-refractivity contribution in [3.63, 3.8) is 0 Å². The number of ether oxygens (including phenoxy) is 2. The number of nitrogens with zero attached hydrogens (tertiary/aromatic N) is 4. The predicted molar refractivity (Wildman–Crippen MR) is 119 cm³/mol. The second-order valence-corrected chi connectivity index (χ2v) is 7.51. The summed E-state index contributed by atoms with van der Waals surface area (Å²) in [6.45, 7) is 1.99. The molecule has 2 N–H and O–H groups in total. The average molecular weight is 438 g/mol. The average Bonchev–Trinajstić information content (AvgIpc) is 3.14. The maximum atomic E-state index is 11.9. The van der Waals surface area contributed by atoms with Crippen LogP contribution in [0.2, 0.25) is 0 Å². The molecule has 0 aliphatic carbocycles. The van der Waals surface area contributed by atoms with Crippen molar-refractivity contribution in [3.8, 4) is 11.5 Å². The summed E-state index contributed by atoms with van der Waals surface area (Å²) in [6, 6.07) is 10.9. The van der Waals surface area contributed by atoms with Gasteiger partial charge in [-0.1, -0.05) is 17.4 Å². The number of methoxy groups -OCH3 is 2. The summed E-state index contributed by atoms with van der Waals surface area (Å²) >= 11 is 1.39. The topological polar surface area (TPSA) is 124 Å². The third-order valence-electron chi connectivity index (χ3n) is 4.43. The Morgan fingerprint density at radius 2 is 1.81 bits per heavy atom. The van der Waals surface area contributed by atoms with Crippen molar-refractivity contribution in [1.29, 1.82) is 0 Å². The van der Waals surface area contributed by atoms with Crippen molar-refractivity contribution in [2.75, 3.05) is 24.9 Å². The summed E-state index contributed by atoms with van der Waals surface area (Å²) in [5.74, 6) is 1.07. The number of nitro groups is 1. The van der Waals surface area contributed by atoms with E-state index < -0.39 is 4.92 Å². The third-order valence-corrected chi connectivity index (χ3v) is 5.37. The highest BCUT2D eigenvalue weighted by atomic mass is 32.1. The molecule has 0 fully saturated rings. The van der Waals surface area contributed by atoms with E-state index in [4.69, 9.17) is 9.47 Å². The summed E-state index contributed by atoms with van der Waals surface area (Å²) in [7, 11) is 3.03. The van der Waals surface area contributed by atoms with E-state index >= 15 is 0 Å². The highest BCUT2D eigenvalue weighted by Crippen LogP contribution is 2.38. The molecule has 4 rings (SSSR count). The Hall–Kier alpha value is -3.99. The molecule has 0 amide bonds. The molecule has 2 heterocycles. The number of hydrogen-bond acceptors (Lipinski definition) is 10. The Bertz CT molecular complexity index is 1280. The van der Waals surface area contributed by atoms with Crippen molar-refractivity contribution in [2.45, 2.75) is 6.92 Å². The zero-order valence-electron chi connectivity index (χ0n) is 16.9. The summed E-state index contributed by atoms with van der Waals surface area (Å²) in [5.41, 5.74) is 2.05. The van der Waals surface area contributed by atoms with Crippen molar-refractivity contribution in [1.82, 2.24) is 15.0 Å². The Labute approximate surface area is 181 Å². The van der Waals surface area contributed by atoms with Gasteiger partial charge in [-0.25, -0.2) is 15.0 Å². The van der Waals surface area contributed by atoms with Crippen molar-refractivity contribution in [3.05, 3.63) is 58.4 Å². The fraction of sp³-hybridized carbons (Fsp3) is 0.150. The molecule has 0 atom stereocenters. The molecule has 158 valence electrons. The molecule has 0 spiro atoms. The summed E-state index contributed by atoms with van der Waals surface area (Å²) in [6.07, 6.45) is 1.24. The minimum atomic E-state index is -0.547. The van der Waals surface area contributed by atoms with Crippen molar-refractivity contribution in [2.24, 2.45) is 0 Å². The van der Waals surface area contributed by atoms with Crippen LogP contribution in [0.4, 0.5) is 28.1 Å². The van der Waals surface area contributed by atoms with Gasteiger partial charge in [-0.15, -0.1) is 0 Å². The highest BCUT2D eigenvalue weighted by Gasteiger charge is 2.25. The lowest BCUT2D eigenvalue weighted by Crippen LogP contribution is -2.06. The standard InChI is InChI=1S/C20H18N6O4S/c1-11-4-6-13-16(8-11)31-20(24-13)25-19-17(26(27)28)18(21-10-22-19)23-14-9-12(29-2)5-7-15(14)30-3/h4-10H,1-3H3,(H2,21,22,23,24,25). The summed E-state index contributed by atoms with van der Waals surface area (Å²) < 4.78 is 11.5. The van der Waals surface area contributed by atoms with Gasteiger partial charge in [0.15, 0.2) is 5.13 Å². The van der Waals surface area contributed by atoms with E-state index in [9.17, 15) is 10.1 Å². The maximum Gasteiger partial charge on any atom is 0.353 e. The number of benzene rings is 2.